The Hall–Kier alpha value is -1.05. The van der Waals surface area contributed by atoms with E-state index in [-0.39, 0.29) is 0 Å². The maximum Gasteiger partial charge on any atom is 0.217 e. The van der Waals surface area contributed by atoms with E-state index in [1.807, 2.05) is 0 Å². The zero-order valence-electron chi connectivity index (χ0n) is 19.4. The molecule has 0 spiro atoms. The first kappa shape index (κ1) is 28.5. The number of aliphatic hydroxyl groups is 8. The average molecular weight is 513 g/mol. The number of carbonyl (C=O) groups is 1. The Bertz CT molecular complexity index is 715. The first-order chi connectivity index (χ1) is 16.4. The summed E-state index contributed by atoms with van der Waals surface area (Å²) in [6.45, 7) is 3.29. The van der Waals surface area contributed by atoms with Crippen LogP contribution in [0.5, 0.6) is 0 Å². The summed E-state index contributed by atoms with van der Waals surface area (Å²) in [5.74, 6) is -0.608. The molecule has 0 aliphatic carbocycles. The smallest absolute Gasteiger partial charge is 0.217 e. The second-order valence-corrected chi connectivity index (χ2v) is 9.04. The molecule has 3 rings (SSSR count). The van der Waals surface area contributed by atoms with Gasteiger partial charge in [-0.2, -0.15) is 0 Å². The Morgan fingerprint density at radius 1 is 0.714 bits per heavy atom. The fourth-order valence-corrected chi connectivity index (χ4v) is 4.26. The first-order valence-electron chi connectivity index (χ1n) is 11.3. The van der Waals surface area contributed by atoms with Crippen LogP contribution in [-0.2, 0) is 28.5 Å². The number of aliphatic hydroxyl groups excluding tert-OH is 8. The molecule has 0 aromatic carbocycles. The molecule has 3 saturated heterocycles. The number of hydrogen-bond acceptors (Lipinski definition) is 14. The molecule has 15 heteroatoms. The second-order valence-electron chi connectivity index (χ2n) is 9.04. The molecule has 35 heavy (non-hydrogen) atoms. The van der Waals surface area contributed by atoms with Crippen LogP contribution in [0.15, 0.2) is 0 Å². The highest BCUT2D eigenvalue weighted by Gasteiger charge is 2.52. The highest BCUT2D eigenvalue weighted by molar-refractivity contribution is 5.73. The van der Waals surface area contributed by atoms with Crippen molar-refractivity contribution >= 4 is 5.91 Å². The molecule has 3 aliphatic heterocycles. The van der Waals surface area contributed by atoms with Gasteiger partial charge in [-0.3, -0.25) is 4.79 Å². The SMILES string of the molecule is CC(=O)N[C@H]1[C@@H](O[C@H]2[C@H](O[C@H]3O[C@@H](C)[C@@H](O)[C@@H](O)[C@@H]3O)O[C@H](C)[C@H](O)[C@@H]2O)O[C@H](CO)[C@H](O)[C@@H]1O. The summed E-state index contributed by atoms with van der Waals surface area (Å²) in [6.07, 6.45) is -20.5. The minimum atomic E-state index is -1.71. The number of nitrogens with one attached hydrogen (secondary N) is 1. The normalized spacial score (nSPS) is 51.1. The molecule has 9 N–H and O–H groups in total. The number of carbonyl (C=O) groups excluding carboxylic acids is 1. The van der Waals surface area contributed by atoms with Gasteiger partial charge in [-0.05, 0) is 13.8 Å². The molecule has 0 saturated carbocycles. The fraction of sp³-hybridized carbons (Fsp3) is 0.950. The lowest BCUT2D eigenvalue weighted by molar-refractivity contribution is -0.392. The third kappa shape index (κ3) is 5.93. The molecule has 15 nitrogen and oxygen atoms in total. The fourth-order valence-electron chi connectivity index (χ4n) is 4.26. The topological polar surface area (TPSA) is 237 Å². The highest BCUT2D eigenvalue weighted by Crippen LogP contribution is 2.32. The van der Waals surface area contributed by atoms with E-state index in [4.69, 9.17) is 23.7 Å². The average Bonchev–Trinajstić information content (AvgIpc) is 2.81. The zero-order valence-corrected chi connectivity index (χ0v) is 19.4. The van der Waals surface area contributed by atoms with Crippen LogP contribution in [0.3, 0.4) is 0 Å². The summed E-state index contributed by atoms with van der Waals surface area (Å²) in [6, 6.07) is -1.36. The Morgan fingerprint density at radius 3 is 1.86 bits per heavy atom. The third-order valence-electron chi connectivity index (χ3n) is 6.40. The van der Waals surface area contributed by atoms with Crippen molar-refractivity contribution in [2.75, 3.05) is 6.61 Å². The number of ether oxygens (including phenoxy) is 5. The van der Waals surface area contributed by atoms with E-state index in [2.05, 4.69) is 5.32 Å². The number of amides is 1. The zero-order chi connectivity index (χ0) is 26.2. The Morgan fingerprint density at radius 2 is 1.29 bits per heavy atom. The molecule has 15 atom stereocenters. The van der Waals surface area contributed by atoms with Crippen molar-refractivity contribution in [3.8, 4) is 0 Å². The van der Waals surface area contributed by atoms with E-state index in [1.54, 1.807) is 0 Å². The summed E-state index contributed by atoms with van der Waals surface area (Å²) in [5.41, 5.74) is 0. The van der Waals surface area contributed by atoms with E-state index in [0.29, 0.717) is 0 Å². The van der Waals surface area contributed by atoms with Crippen LogP contribution in [0.1, 0.15) is 20.8 Å². The van der Waals surface area contributed by atoms with Gasteiger partial charge >= 0.3 is 0 Å². The Labute approximate surface area is 200 Å². The summed E-state index contributed by atoms with van der Waals surface area (Å²) in [5, 5.41) is 83.8. The molecule has 1 amide bonds. The van der Waals surface area contributed by atoms with Crippen molar-refractivity contribution in [1.29, 1.82) is 0 Å². The first-order valence-corrected chi connectivity index (χ1v) is 11.3. The standard InChI is InChI=1S/C20H35NO14/c1-5-10(24)14(28)16(30)19(31-5)35-20-17(15(29)11(25)6(2)32-20)34-18-9(21-7(3)23)13(27)12(26)8(4-22)33-18/h5-6,8-20,22,24-30H,4H2,1-3H3,(H,21,23)/t5-,6+,8+,9+,10+,11-,12-,13+,14+,15-,16-,17+,18+,19+,20-/m0/s1. The van der Waals surface area contributed by atoms with Gasteiger partial charge in [0.25, 0.3) is 0 Å². The largest absolute Gasteiger partial charge is 0.394 e. The Balaban J connectivity index is 1.84. The van der Waals surface area contributed by atoms with Gasteiger partial charge in [0.2, 0.25) is 5.91 Å². The molecule has 0 bridgehead atoms. The predicted molar refractivity (Wildman–Crippen MR) is 110 cm³/mol. The van der Waals surface area contributed by atoms with Crippen LogP contribution < -0.4 is 5.32 Å². The molecule has 3 heterocycles. The summed E-state index contributed by atoms with van der Waals surface area (Å²) < 4.78 is 27.9. The van der Waals surface area contributed by atoms with Crippen molar-refractivity contribution in [2.45, 2.75) is 113 Å². The van der Waals surface area contributed by atoms with E-state index in [9.17, 15) is 45.6 Å². The van der Waals surface area contributed by atoms with Crippen molar-refractivity contribution in [2.24, 2.45) is 0 Å². The minimum absolute atomic E-state index is 0.608. The summed E-state index contributed by atoms with van der Waals surface area (Å²) in [4.78, 5) is 11.7. The second kappa shape index (κ2) is 11.6. The maximum atomic E-state index is 11.7. The molecule has 204 valence electrons. The van der Waals surface area contributed by atoms with E-state index >= 15 is 0 Å². The molecule has 3 aliphatic rings. The van der Waals surface area contributed by atoms with Gasteiger partial charge in [0.1, 0.15) is 61.0 Å². The molecular formula is C20H35NO14. The van der Waals surface area contributed by atoms with Crippen LogP contribution in [-0.4, -0.2) is 145 Å². The lowest BCUT2D eigenvalue weighted by Crippen LogP contribution is -2.68. The molecule has 0 aromatic heterocycles. The van der Waals surface area contributed by atoms with Crippen LogP contribution in [0.25, 0.3) is 0 Å². The Kier molecular flexibility index (Phi) is 9.42. The quantitative estimate of drug-likeness (QED) is 0.161. The monoisotopic (exact) mass is 513 g/mol. The van der Waals surface area contributed by atoms with Crippen LogP contribution in [0.2, 0.25) is 0 Å². The molecule has 0 radical (unpaired) electrons. The lowest BCUT2D eigenvalue weighted by atomic mass is 9.96. The van der Waals surface area contributed by atoms with E-state index < -0.39 is 105 Å². The summed E-state index contributed by atoms with van der Waals surface area (Å²) >= 11 is 0. The van der Waals surface area contributed by atoms with Crippen molar-refractivity contribution in [3.63, 3.8) is 0 Å². The summed E-state index contributed by atoms with van der Waals surface area (Å²) in [7, 11) is 0. The van der Waals surface area contributed by atoms with Crippen molar-refractivity contribution in [1.82, 2.24) is 5.32 Å². The van der Waals surface area contributed by atoms with Crippen LogP contribution >= 0.6 is 0 Å². The van der Waals surface area contributed by atoms with Crippen LogP contribution in [0.4, 0.5) is 0 Å². The molecule has 0 unspecified atom stereocenters. The van der Waals surface area contributed by atoms with Gasteiger partial charge in [0.05, 0.1) is 18.8 Å². The van der Waals surface area contributed by atoms with Gasteiger partial charge in [-0.1, -0.05) is 0 Å². The molecular weight excluding hydrogens is 478 g/mol. The molecule has 0 aromatic rings. The van der Waals surface area contributed by atoms with E-state index in [0.717, 1.165) is 6.92 Å². The lowest BCUT2D eigenvalue weighted by Gasteiger charge is -2.48. The van der Waals surface area contributed by atoms with Crippen molar-refractivity contribution < 1.29 is 69.3 Å². The van der Waals surface area contributed by atoms with Crippen molar-refractivity contribution in [3.05, 3.63) is 0 Å². The molecule has 3 fully saturated rings. The predicted octanol–water partition coefficient (Wildman–Crippen LogP) is -5.37. The van der Waals surface area contributed by atoms with Gasteiger partial charge in [-0.15, -0.1) is 0 Å². The third-order valence-corrected chi connectivity index (χ3v) is 6.40. The van der Waals surface area contributed by atoms with Gasteiger partial charge in [0, 0.05) is 6.92 Å². The van der Waals surface area contributed by atoms with Crippen LogP contribution in [0, 0.1) is 0 Å². The number of rotatable bonds is 6. The van der Waals surface area contributed by atoms with Gasteiger partial charge in [0.15, 0.2) is 18.9 Å². The van der Waals surface area contributed by atoms with Gasteiger partial charge in [-0.25, -0.2) is 0 Å². The highest BCUT2D eigenvalue weighted by atomic mass is 16.8. The number of hydrogen-bond donors (Lipinski definition) is 9. The van der Waals surface area contributed by atoms with E-state index in [1.165, 1.54) is 13.8 Å². The van der Waals surface area contributed by atoms with Gasteiger partial charge < -0.3 is 69.9 Å². The maximum absolute atomic E-state index is 11.7. The minimum Gasteiger partial charge on any atom is -0.394 e.